The molecule has 1 aliphatic heterocycles. The van der Waals surface area contributed by atoms with Crippen LogP contribution in [0.2, 0.25) is 0 Å². The zero-order chi connectivity index (χ0) is 20.2. The SMILES string of the molecule is COc1ccc(CN(C)C(=O)CN2CCC(c3nc4ccccc4s3)CC2)cc1. The van der Waals surface area contributed by atoms with Crippen molar-refractivity contribution < 1.29 is 9.53 Å². The second kappa shape index (κ2) is 8.93. The van der Waals surface area contributed by atoms with E-state index in [4.69, 9.17) is 9.72 Å². The van der Waals surface area contributed by atoms with E-state index in [2.05, 4.69) is 23.1 Å². The molecule has 5 nitrogen and oxygen atoms in total. The van der Waals surface area contributed by atoms with Crippen molar-refractivity contribution in [3.05, 3.63) is 59.1 Å². The van der Waals surface area contributed by atoms with Crippen LogP contribution >= 0.6 is 11.3 Å². The maximum atomic E-state index is 12.7. The van der Waals surface area contributed by atoms with E-state index in [0.717, 1.165) is 42.8 Å². The molecule has 1 saturated heterocycles. The molecular formula is C23H27N3O2S. The Labute approximate surface area is 175 Å². The van der Waals surface area contributed by atoms with Crippen LogP contribution in [-0.2, 0) is 11.3 Å². The number of carbonyl (C=O) groups is 1. The molecule has 2 heterocycles. The second-order valence-electron chi connectivity index (χ2n) is 7.67. The van der Waals surface area contributed by atoms with Crippen molar-refractivity contribution in [3.63, 3.8) is 0 Å². The number of likely N-dealkylation sites (N-methyl/N-ethyl adjacent to an activating group) is 1. The summed E-state index contributed by atoms with van der Waals surface area (Å²) in [6.07, 6.45) is 2.13. The van der Waals surface area contributed by atoms with Crippen molar-refractivity contribution in [2.45, 2.75) is 25.3 Å². The summed E-state index contributed by atoms with van der Waals surface area (Å²) >= 11 is 1.81. The topological polar surface area (TPSA) is 45.7 Å². The summed E-state index contributed by atoms with van der Waals surface area (Å²) in [6.45, 7) is 3.00. The van der Waals surface area contributed by atoms with Gasteiger partial charge >= 0.3 is 0 Å². The predicted molar refractivity (Wildman–Crippen MR) is 118 cm³/mol. The van der Waals surface area contributed by atoms with Crippen LogP contribution in [0.3, 0.4) is 0 Å². The minimum atomic E-state index is 0.166. The smallest absolute Gasteiger partial charge is 0.236 e. The molecule has 0 bridgehead atoms. The van der Waals surface area contributed by atoms with Crippen LogP contribution in [0.15, 0.2) is 48.5 Å². The van der Waals surface area contributed by atoms with E-state index >= 15 is 0 Å². The Kier molecular flexibility index (Phi) is 6.11. The van der Waals surface area contributed by atoms with Crippen molar-refractivity contribution in [1.29, 1.82) is 0 Å². The minimum Gasteiger partial charge on any atom is -0.497 e. The standard InChI is InChI=1S/C23H27N3O2S/c1-25(15-17-7-9-19(28-2)10-8-17)22(27)16-26-13-11-18(12-14-26)23-24-20-5-3-4-6-21(20)29-23/h3-10,18H,11-16H2,1-2H3. The Balaban J connectivity index is 1.27. The zero-order valence-corrected chi connectivity index (χ0v) is 17.8. The van der Waals surface area contributed by atoms with Gasteiger partial charge in [-0.15, -0.1) is 11.3 Å². The van der Waals surface area contributed by atoms with E-state index in [1.165, 1.54) is 9.71 Å². The molecule has 2 aromatic carbocycles. The van der Waals surface area contributed by atoms with Gasteiger partial charge in [0.15, 0.2) is 0 Å². The molecule has 6 heteroatoms. The van der Waals surface area contributed by atoms with Gasteiger partial charge in [-0.3, -0.25) is 9.69 Å². The van der Waals surface area contributed by atoms with Gasteiger partial charge in [0.25, 0.3) is 0 Å². The number of likely N-dealkylation sites (tertiary alicyclic amines) is 1. The molecule has 152 valence electrons. The largest absolute Gasteiger partial charge is 0.497 e. The highest BCUT2D eigenvalue weighted by Gasteiger charge is 2.25. The highest BCUT2D eigenvalue weighted by molar-refractivity contribution is 7.18. The highest BCUT2D eigenvalue weighted by Crippen LogP contribution is 2.33. The molecule has 1 aliphatic rings. The first-order valence-electron chi connectivity index (χ1n) is 10.1. The van der Waals surface area contributed by atoms with E-state index in [-0.39, 0.29) is 5.91 Å². The molecule has 0 unspecified atom stereocenters. The summed E-state index contributed by atoms with van der Waals surface area (Å²) in [4.78, 5) is 21.6. The third-order valence-electron chi connectivity index (χ3n) is 5.61. The maximum absolute atomic E-state index is 12.7. The first-order chi connectivity index (χ1) is 14.1. The van der Waals surface area contributed by atoms with Crippen LogP contribution < -0.4 is 4.74 Å². The van der Waals surface area contributed by atoms with E-state index in [1.54, 1.807) is 12.0 Å². The van der Waals surface area contributed by atoms with E-state index in [9.17, 15) is 4.79 Å². The fourth-order valence-corrected chi connectivity index (χ4v) is 4.94. The first kappa shape index (κ1) is 19.9. The molecule has 0 radical (unpaired) electrons. The lowest BCUT2D eigenvalue weighted by Crippen LogP contribution is -2.41. The summed E-state index contributed by atoms with van der Waals surface area (Å²) in [6, 6.07) is 16.2. The van der Waals surface area contributed by atoms with Crippen molar-refractivity contribution in [2.75, 3.05) is 33.8 Å². The lowest BCUT2D eigenvalue weighted by molar-refractivity contribution is -0.131. The predicted octanol–water partition coefficient (Wildman–Crippen LogP) is 4.14. The summed E-state index contributed by atoms with van der Waals surface area (Å²) in [5.41, 5.74) is 2.21. The number of thiazole rings is 1. The van der Waals surface area contributed by atoms with Crippen molar-refractivity contribution in [2.24, 2.45) is 0 Å². The van der Waals surface area contributed by atoms with Gasteiger partial charge < -0.3 is 9.64 Å². The van der Waals surface area contributed by atoms with Crippen LogP contribution in [-0.4, -0.2) is 54.5 Å². The van der Waals surface area contributed by atoms with Crippen LogP contribution in [0, 0.1) is 0 Å². The maximum Gasteiger partial charge on any atom is 0.236 e. The fraction of sp³-hybridized carbons (Fsp3) is 0.391. The van der Waals surface area contributed by atoms with Gasteiger partial charge in [-0.05, 0) is 55.8 Å². The molecule has 1 aromatic heterocycles. The van der Waals surface area contributed by atoms with Gasteiger partial charge in [-0.25, -0.2) is 4.98 Å². The Hall–Kier alpha value is -2.44. The minimum absolute atomic E-state index is 0.166. The third-order valence-corrected chi connectivity index (χ3v) is 6.81. The van der Waals surface area contributed by atoms with Gasteiger partial charge in [0, 0.05) is 19.5 Å². The number of aromatic nitrogens is 1. The number of ether oxygens (including phenoxy) is 1. The van der Waals surface area contributed by atoms with Gasteiger partial charge in [-0.1, -0.05) is 24.3 Å². The molecule has 3 aromatic rings. The number of fused-ring (bicyclic) bond motifs is 1. The van der Waals surface area contributed by atoms with Crippen LogP contribution in [0.25, 0.3) is 10.2 Å². The summed E-state index contributed by atoms with van der Waals surface area (Å²) in [7, 11) is 3.53. The van der Waals surface area contributed by atoms with E-state index in [0.29, 0.717) is 19.0 Å². The second-order valence-corrected chi connectivity index (χ2v) is 8.73. The van der Waals surface area contributed by atoms with Crippen molar-refractivity contribution in [3.8, 4) is 5.75 Å². The molecule has 4 rings (SSSR count). The molecule has 0 N–H and O–H groups in total. The van der Waals surface area contributed by atoms with Crippen LogP contribution in [0.4, 0.5) is 0 Å². The molecule has 0 spiro atoms. The summed E-state index contributed by atoms with van der Waals surface area (Å²) in [5, 5.41) is 1.24. The lowest BCUT2D eigenvalue weighted by atomic mass is 9.97. The quantitative estimate of drug-likeness (QED) is 0.614. The Morgan fingerprint density at radius 1 is 1.17 bits per heavy atom. The highest BCUT2D eigenvalue weighted by atomic mass is 32.1. The molecular weight excluding hydrogens is 382 g/mol. The first-order valence-corrected chi connectivity index (χ1v) is 10.9. The Morgan fingerprint density at radius 3 is 2.59 bits per heavy atom. The molecule has 29 heavy (non-hydrogen) atoms. The van der Waals surface area contributed by atoms with Crippen molar-refractivity contribution >= 4 is 27.5 Å². The number of benzene rings is 2. The van der Waals surface area contributed by atoms with Gasteiger partial charge in [-0.2, -0.15) is 0 Å². The number of amides is 1. The molecule has 1 fully saturated rings. The van der Waals surface area contributed by atoms with E-state index < -0.39 is 0 Å². The van der Waals surface area contributed by atoms with Gasteiger partial charge in [0.1, 0.15) is 5.75 Å². The molecule has 1 amide bonds. The number of hydrogen-bond donors (Lipinski definition) is 0. The number of nitrogens with zero attached hydrogens (tertiary/aromatic N) is 3. The van der Waals surface area contributed by atoms with Crippen molar-refractivity contribution in [1.82, 2.24) is 14.8 Å². The molecule has 0 aliphatic carbocycles. The number of piperidine rings is 1. The zero-order valence-electron chi connectivity index (χ0n) is 17.0. The third kappa shape index (κ3) is 4.77. The average Bonchev–Trinajstić information content (AvgIpc) is 3.19. The lowest BCUT2D eigenvalue weighted by Gasteiger charge is -2.31. The van der Waals surface area contributed by atoms with Gasteiger partial charge in [0.2, 0.25) is 5.91 Å². The molecule has 0 atom stereocenters. The summed E-state index contributed by atoms with van der Waals surface area (Å²) < 4.78 is 6.45. The summed E-state index contributed by atoms with van der Waals surface area (Å²) in [5.74, 6) is 1.51. The van der Waals surface area contributed by atoms with Gasteiger partial charge in [0.05, 0.1) is 28.9 Å². The number of hydrogen-bond acceptors (Lipinski definition) is 5. The Morgan fingerprint density at radius 2 is 1.90 bits per heavy atom. The Bertz CT molecular complexity index is 929. The average molecular weight is 410 g/mol. The van der Waals surface area contributed by atoms with Crippen LogP contribution in [0.5, 0.6) is 5.75 Å². The number of rotatable bonds is 6. The van der Waals surface area contributed by atoms with E-state index in [1.807, 2.05) is 48.7 Å². The monoisotopic (exact) mass is 409 g/mol. The number of carbonyl (C=O) groups excluding carboxylic acids is 1. The normalized spacial score (nSPS) is 15.5. The molecule has 0 saturated carbocycles. The van der Waals surface area contributed by atoms with Crippen LogP contribution in [0.1, 0.15) is 29.3 Å². The fourth-order valence-electron chi connectivity index (χ4n) is 3.81. The number of para-hydroxylation sites is 1. The number of methoxy groups -OCH3 is 1.